The molecule has 0 bridgehead atoms. The molecule has 0 spiro atoms. The Bertz CT molecular complexity index is 969. The Balaban J connectivity index is 2.72. The number of methoxy groups -OCH3 is 1. The summed E-state index contributed by atoms with van der Waals surface area (Å²) >= 11 is 0.886. The van der Waals surface area contributed by atoms with Crippen LogP contribution in [0.3, 0.4) is 0 Å². The Labute approximate surface area is 139 Å². The van der Waals surface area contributed by atoms with E-state index in [-0.39, 0.29) is 26.5 Å². The van der Waals surface area contributed by atoms with E-state index in [9.17, 15) is 22.8 Å². The minimum Gasteiger partial charge on any atom is -0.478 e. The van der Waals surface area contributed by atoms with E-state index in [2.05, 4.69) is 5.10 Å². The number of carbonyl (C=O) groups is 2. The highest BCUT2D eigenvalue weighted by Gasteiger charge is 2.35. The molecular formula is C11H12N4O7S2. The monoisotopic (exact) mass is 376 g/mol. The van der Waals surface area contributed by atoms with Gasteiger partial charge in [-0.15, -0.1) is 15.8 Å². The van der Waals surface area contributed by atoms with Crippen LogP contribution >= 0.6 is 11.3 Å². The molecule has 0 saturated carbocycles. The van der Waals surface area contributed by atoms with Crippen molar-refractivity contribution in [3.63, 3.8) is 0 Å². The normalized spacial score (nSPS) is 11.3. The van der Waals surface area contributed by atoms with Gasteiger partial charge in [0.05, 0.1) is 12.7 Å². The number of sulfonamides is 1. The van der Waals surface area contributed by atoms with Gasteiger partial charge in [0.1, 0.15) is 4.90 Å². The number of amides is 1. The van der Waals surface area contributed by atoms with E-state index in [1.54, 1.807) is 0 Å². The SMILES string of the molecule is COc1nn(N(C=O)S(=O)(=O)c2c(C(=O)O)csc2C)c(=O)n1C. The van der Waals surface area contributed by atoms with Crippen LogP contribution in [-0.4, -0.2) is 47.5 Å². The van der Waals surface area contributed by atoms with Crippen molar-refractivity contribution in [3.8, 4) is 6.01 Å². The first-order valence-corrected chi connectivity index (χ1v) is 8.50. The number of aromatic nitrogens is 3. The maximum Gasteiger partial charge on any atom is 0.369 e. The third-order valence-corrected chi connectivity index (χ3v) is 5.85. The third kappa shape index (κ3) is 2.56. The van der Waals surface area contributed by atoms with Crippen LogP contribution in [0.15, 0.2) is 15.1 Å². The van der Waals surface area contributed by atoms with Crippen molar-refractivity contribution in [2.24, 2.45) is 7.05 Å². The smallest absolute Gasteiger partial charge is 0.369 e. The van der Waals surface area contributed by atoms with Gasteiger partial charge < -0.3 is 9.84 Å². The van der Waals surface area contributed by atoms with Gasteiger partial charge in [0, 0.05) is 17.3 Å². The molecule has 0 fully saturated rings. The second kappa shape index (κ2) is 6.09. The summed E-state index contributed by atoms with van der Waals surface area (Å²) in [6.07, 6.45) is -0.147. The van der Waals surface area contributed by atoms with Crippen LogP contribution < -0.4 is 14.8 Å². The second-order valence-electron chi connectivity index (χ2n) is 4.44. The largest absolute Gasteiger partial charge is 0.478 e. The average Bonchev–Trinajstić information content (AvgIpc) is 3.03. The Hall–Kier alpha value is -2.67. The van der Waals surface area contributed by atoms with E-state index in [0.717, 1.165) is 21.3 Å². The molecule has 0 saturated heterocycles. The molecule has 11 nitrogen and oxygen atoms in total. The van der Waals surface area contributed by atoms with E-state index in [0.29, 0.717) is 0 Å². The first-order valence-electron chi connectivity index (χ1n) is 6.18. The van der Waals surface area contributed by atoms with E-state index in [4.69, 9.17) is 9.84 Å². The molecule has 130 valence electrons. The summed E-state index contributed by atoms with van der Waals surface area (Å²) in [7, 11) is -2.21. The number of carbonyl (C=O) groups excluding carboxylic acids is 1. The number of carboxylic acids is 1. The van der Waals surface area contributed by atoms with Crippen molar-refractivity contribution in [1.82, 2.24) is 14.5 Å². The molecule has 0 aliphatic heterocycles. The Kier molecular flexibility index (Phi) is 4.48. The predicted octanol–water partition coefficient (Wildman–Crippen LogP) is -0.858. The van der Waals surface area contributed by atoms with Crippen LogP contribution in [0.5, 0.6) is 6.01 Å². The Morgan fingerprint density at radius 1 is 1.50 bits per heavy atom. The molecular weight excluding hydrogens is 364 g/mol. The van der Waals surface area contributed by atoms with Crippen molar-refractivity contribution in [1.29, 1.82) is 0 Å². The molecule has 0 aliphatic rings. The third-order valence-electron chi connectivity index (χ3n) is 3.04. The lowest BCUT2D eigenvalue weighted by Gasteiger charge is -2.16. The standard InChI is InChI=1S/C11H12N4O7S2/c1-6-8(7(4-23-6)9(17)18)24(20,21)14(5-16)15-11(19)13(2)10(12-15)22-3/h4-5H,1-3H3,(H,17,18). The summed E-state index contributed by atoms with van der Waals surface area (Å²) in [5, 5.41) is 13.9. The molecule has 0 radical (unpaired) electrons. The number of rotatable bonds is 6. The predicted molar refractivity (Wildman–Crippen MR) is 81.5 cm³/mol. The van der Waals surface area contributed by atoms with Gasteiger partial charge in [-0.25, -0.2) is 14.2 Å². The molecule has 0 unspecified atom stereocenters. The molecule has 2 heterocycles. The van der Waals surface area contributed by atoms with Crippen LogP contribution in [0.25, 0.3) is 0 Å². The summed E-state index contributed by atoms with van der Waals surface area (Å²) in [6, 6.07) is -0.234. The zero-order valence-corrected chi connectivity index (χ0v) is 14.3. The molecule has 24 heavy (non-hydrogen) atoms. The average molecular weight is 376 g/mol. The van der Waals surface area contributed by atoms with Crippen LogP contribution in [0, 0.1) is 6.92 Å². The van der Waals surface area contributed by atoms with E-state index in [1.165, 1.54) is 21.1 Å². The number of thiophene rings is 1. The number of carboxylic acid groups (broad SMARTS) is 1. The van der Waals surface area contributed by atoms with Gasteiger partial charge in [-0.1, -0.05) is 9.89 Å². The number of aromatic carboxylic acids is 1. The summed E-state index contributed by atoms with van der Waals surface area (Å²) in [4.78, 5) is 34.5. The van der Waals surface area contributed by atoms with Crippen LogP contribution in [0.4, 0.5) is 0 Å². The van der Waals surface area contributed by atoms with Crippen molar-refractivity contribution in [2.45, 2.75) is 11.8 Å². The highest BCUT2D eigenvalue weighted by Crippen LogP contribution is 2.28. The van der Waals surface area contributed by atoms with Crippen LogP contribution in [0.2, 0.25) is 0 Å². The summed E-state index contributed by atoms with van der Waals surface area (Å²) in [5.41, 5.74) is -1.47. The molecule has 2 aromatic heterocycles. The number of hydrogen-bond acceptors (Lipinski definition) is 8. The number of nitrogens with zero attached hydrogens (tertiary/aromatic N) is 4. The second-order valence-corrected chi connectivity index (χ2v) is 7.26. The minimum absolute atomic E-state index is 0.0271. The fourth-order valence-corrected chi connectivity index (χ4v) is 4.58. The maximum atomic E-state index is 12.7. The number of ether oxygens (including phenoxy) is 1. The van der Waals surface area contributed by atoms with E-state index in [1.807, 2.05) is 0 Å². The van der Waals surface area contributed by atoms with Crippen molar-refractivity contribution >= 4 is 33.7 Å². The molecule has 1 amide bonds. The molecule has 2 rings (SSSR count). The van der Waals surface area contributed by atoms with Crippen LogP contribution in [-0.2, 0) is 21.9 Å². The molecule has 1 N–H and O–H groups in total. The lowest BCUT2D eigenvalue weighted by Crippen LogP contribution is -2.46. The summed E-state index contributed by atoms with van der Waals surface area (Å²) in [5.74, 6) is -1.48. The van der Waals surface area contributed by atoms with E-state index < -0.39 is 32.1 Å². The number of aryl methyl sites for hydroxylation is 1. The summed E-state index contributed by atoms with van der Waals surface area (Å²) in [6.45, 7) is 1.38. The van der Waals surface area contributed by atoms with Crippen LogP contribution in [0.1, 0.15) is 15.2 Å². The summed E-state index contributed by atoms with van der Waals surface area (Å²) < 4.78 is 31.1. The lowest BCUT2D eigenvalue weighted by molar-refractivity contribution is -0.107. The zero-order chi connectivity index (χ0) is 18.2. The van der Waals surface area contributed by atoms with Crippen molar-refractivity contribution in [3.05, 3.63) is 26.3 Å². The fourth-order valence-electron chi connectivity index (χ4n) is 1.92. The Morgan fingerprint density at radius 3 is 2.58 bits per heavy atom. The Morgan fingerprint density at radius 2 is 2.12 bits per heavy atom. The zero-order valence-electron chi connectivity index (χ0n) is 12.7. The lowest BCUT2D eigenvalue weighted by atomic mass is 10.3. The number of hydrogen-bond donors (Lipinski definition) is 1. The maximum absolute atomic E-state index is 12.7. The molecule has 13 heteroatoms. The topological polar surface area (TPSA) is 141 Å². The van der Waals surface area contributed by atoms with Gasteiger partial charge in [-0.05, 0) is 6.92 Å². The van der Waals surface area contributed by atoms with Crippen molar-refractivity contribution in [2.75, 3.05) is 11.5 Å². The van der Waals surface area contributed by atoms with Gasteiger partial charge in [-0.2, -0.15) is 8.42 Å². The van der Waals surface area contributed by atoms with Gasteiger partial charge in [-0.3, -0.25) is 4.79 Å². The van der Waals surface area contributed by atoms with Crippen molar-refractivity contribution < 1.29 is 27.9 Å². The fraction of sp³-hybridized carbons (Fsp3) is 0.273. The molecule has 0 aliphatic carbocycles. The highest BCUT2D eigenvalue weighted by molar-refractivity contribution is 7.93. The van der Waals surface area contributed by atoms with E-state index >= 15 is 0 Å². The molecule has 2 aromatic rings. The van der Waals surface area contributed by atoms with Gasteiger partial charge in [0.15, 0.2) is 0 Å². The first-order chi connectivity index (χ1) is 11.2. The first kappa shape index (κ1) is 17.7. The quantitative estimate of drug-likeness (QED) is 0.642. The van der Waals surface area contributed by atoms with Gasteiger partial charge in [0.25, 0.3) is 10.0 Å². The molecule has 0 aromatic carbocycles. The highest BCUT2D eigenvalue weighted by atomic mass is 32.2. The molecule has 0 atom stereocenters. The minimum atomic E-state index is -4.67. The van der Waals surface area contributed by atoms with Gasteiger partial charge >= 0.3 is 17.7 Å². The van der Waals surface area contributed by atoms with Gasteiger partial charge in [0.2, 0.25) is 6.41 Å².